The molecule has 0 aliphatic rings. The van der Waals surface area contributed by atoms with Crippen molar-refractivity contribution in [2.75, 3.05) is 0 Å². The third-order valence-corrected chi connectivity index (χ3v) is 5.20. The molecule has 0 N–H and O–H groups in total. The van der Waals surface area contributed by atoms with Gasteiger partial charge in [0.15, 0.2) is 0 Å². The Hall–Kier alpha value is -3.39. The maximum Gasteiger partial charge on any atom is 0.144 e. The Bertz CT molecular complexity index is 1440. The molecule has 0 bridgehead atoms. The van der Waals surface area contributed by atoms with Crippen LogP contribution in [0.15, 0.2) is 89.5 Å². The zero-order valence-corrected chi connectivity index (χ0v) is 15.4. The largest absolute Gasteiger partial charge is 0.455 e. The third-order valence-electron chi connectivity index (χ3n) is 5.20. The Morgan fingerprint density at radius 1 is 0.929 bits per heavy atom. The predicted octanol–water partition coefficient (Wildman–Crippen LogP) is 7.11. The summed E-state index contributed by atoms with van der Waals surface area (Å²) in [5, 5.41) is 1.98. The van der Waals surface area contributed by atoms with Crippen LogP contribution in [0, 0.1) is 6.85 Å². The van der Waals surface area contributed by atoms with Crippen LogP contribution in [0.2, 0.25) is 0 Å². The fourth-order valence-corrected chi connectivity index (χ4v) is 3.71. The van der Waals surface area contributed by atoms with Crippen molar-refractivity contribution < 1.29 is 9.90 Å². The first-order valence-electron chi connectivity index (χ1n) is 11.2. The molecule has 1 unspecified atom stereocenters. The van der Waals surface area contributed by atoms with Crippen LogP contribution in [0.3, 0.4) is 0 Å². The third kappa shape index (κ3) is 2.69. The van der Waals surface area contributed by atoms with Crippen molar-refractivity contribution in [1.82, 2.24) is 4.98 Å². The minimum Gasteiger partial charge on any atom is -0.455 e. The number of nitrogens with zero attached hydrogens (tertiary/aromatic N) is 1. The molecular weight excluding hydrogens is 342 g/mol. The van der Waals surface area contributed by atoms with Crippen LogP contribution in [0.5, 0.6) is 0 Å². The highest BCUT2D eigenvalue weighted by Crippen LogP contribution is 2.36. The number of aryl methyl sites for hydroxylation is 1. The Balaban J connectivity index is 1.76. The topological polar surface area (TPSA) is 26.0 Å². The first-order chi connectivity index (χ1) is 15.3. The molecule has 2 heteroatoms. The molecule has 0 saturated heterocycles. The second-order valence-electron chi connectivity index (χ2n) is 6.89. The Morgan fingerprint density at radius 3 is 2.57 bits per heavy atom. The number of pyridine rings is 1. The van der Waals surface area contributed by atoms with Crippen molar-refractivity contribution in [1.29, 1.82) is 0 Å². The number of rotatable bonds is 3. The number of furan rings is 1. The first-order valence-corrected chi connectivity index (χ1v) is 9.24. The number of para-hydroxylation sites is 2. The lowest BCUT2D eigenvalue weighted by molar-refractivity contribution is 0.670. The average molecular weight is 367 g/mol. The molecule has 28 heavy (non-hydrogen) atoms. The second kappa shape index (κ2) is 6.65. The van der Waals surface area contributed by atoms with Gasteiger partial charge in [-0.3, -0.25) is 4.98 Å². The van der Waals surface area contributed by atoms with Gasteiger partial charge in [0, 0.05) is 33.9 Å². The summed E-state index contributed by atoms with van der Waals surface area (Å²) in [7, 11) is 0. The average Bonchev–Trinajstić information content (AvgIpc) is 3.17. The van der Waals surface area contributed by atoms with Gasteiger partial charge in [0.05, 0.1) is 5.69 Å². The Labute approximate surface area is 170 Å². The maximum absolute atomic E-state index is 9.14. The molecule has 136 valence electrons. The van der Waals surface area contributed by atoms with Gasteiger partial charge >= 0.3 is 0 Å². The van der Waals surface area contributed by atoms with Crippen molar-refractivity contribution in [2.45, 2.75) is 19.7 Å². The van der Waals surface area contributed by atoms with E-state index in [0.717, 1.165) is 21.9 Å². The molecule has 1 atom stereocenters. The lowest BCUT2D eigenvalue weighted by Crippen LogP contribution is -2.00. The van der Waals surface area contributed by atoms with E-state index in [0.29, 0.717) is 22.4 Å². The zero-order valence-electron chi connectivity index (χ0n) is 19.4. The van der Waals surface area contributed by atoms with Crippen LogP contribution in [-0.2, 0) is 0 Å². The smallest absolute Gasteiger partial charge is 0.144 e. The first kappa shape index (κ1) is 12.9. The van der Waals surface area contributed by atoms with E-state index in [-0.39, 0.29) is 5.56 Å². The van der Waals surface area contributed by atoms with Crippen molar-refractivity contribution in [3.8, 4) is 11.3 Å². The molecule has 3 aromatic carbocycles. The normalized spacial score (nSPS) is 16.2. The van der Waals surface area contributed by atoms with Crippen LogP contribution in [-0.4, -0.2) is 4.98 Å². The van der Waals surface area contributed by atoms with Gasteiger partial charge in [-0.1, -0.05) is 67.6 Å². The summed E-state index contributed by atoms with van der Waals surface area (Å²) >= 11 is 0. The van der Waals surface area contributed by atoms with E-state index >= 15 is 0 Å². The van der Waals surface area contributed by atoms with Crippen molar-refractivity contribution in [3.05, 3.63) is 102 Å². The fraction of sp³-hybridized carbons (Fsp3) is 0.115. The molecule has 5 aromatic rings. The van der Waals surface area contributed by atoms with E-state index in [1.807, 2.05) is 72.8 Å². The SMILES string of the molecule is [2H]C([2H])([2H])c1cnc(-c2cccc3c2oc2ccccc23)cc1C([2H])(C)c1ccccc1. The second-order valence-corrected chi connectivity index (χ2v) is 6.89. The molecule has 0 spiro atoms. The van der Waals surface area contributed by atoms with Gasteiger partial charge in [-0.2, -0.15) is 0 Å². The standard InChI is InChI=1S/C26H21NO/c1-17-16-27-24(15-23(17)18(2)19-9-4-3-5-10-19)22-13-8-12-21-20-11-6-7-14-25(20)28-26(21)22/h3-16,18H,1-2H3/i1D3,18D. The molecule has 2 aromatic heterocycles. The number of hydrogen-bond acceptors (Lipinski definition) is 2. The van der Waals surface area contributed by atoms with Gasteiger partial charge in [-0.05, 0) is 41.7 Å². The molecule has 0 aliphatic carbocycles. The summed E-state index contributed by atoms with van der Waals surface area (Å²) in [6.07, 6.45) is 1.38. The highest BCUT2D eigenvalue weighted by atomic mass is 16.3. The van der Waals surface area contributed by atoms with E-state index in [2.05, 4.69) is 4.98 Å². The Kier molecular flexibility index (Phi) is 3.06. The summed E-state index contributed by atoms with van der Waals surface area (Å²) in [4.78, 5) is 4.50. The highest BCUT2D eigenvalue weighted by molar-refractivity contribution is 6.09. The lowest BCUT2D eigenvalue weighted by Gasteiger charge is -2.16. The number of benzene rings is 3. The minimum absolute atomic E-state index is 0.0828. The van der Waals surface area contributed by atoms with Crippen LogP contribution in [0.25, 0.3) is 33.2 Å². The molecular formula is C26H21NO. The zero-order chi connectivity index (χ0) is 22.5. The van der Waals surface area contributed by atoms with Gasteiger partial charge in [0.25, 0.3) is 0 Å². The predicted molar refractivity (Wildman–Crippen MR) is 116 cm³/mol. The number of hydrogen-bond donors (Lipinski definition) is 0. The van der Waals surface area contributed by atoms with E-state index in [1.54, 1.807) is 13.0 Å². The molecule has 5 rings (SSSR count). The summed E-state index contributed by atoms with van der Waals surface area (Å²) in [6.45, 7) is -0.665. The quantitative estimate of drug-likeness (QED) is 0.340. The lowest BCUT2D eigenvalue weighted by atomic mass is 9.90. The Morgan fingerprint density at radius 2 is 1.71 bits per heavy atom. The van der Waals surface area contributed by atoms with Gasteiger partial charge in [-0.25, -0.2) is 0 Å². The molecule has 0 aliphatic heterocycles. The molecule has 0 amide bonds. The maximum atomic E-state index is 9.14. The molecule has 0 radical (unpaired) electrons. The summed E-state index contributed by atoms with van der Waals surface area (Å²) in [6, 6.07) is 24.7. The van der Waals surface area contributed by atoms with Crippen LogP contribution < -0.4 is 0 Å². The van der Waals surface area contributed by atoms with Gasteiger partial charge in [-0.15, -0.1) is 0 Å². The summed E-state index contributed by atoms with van der Waals surface area (Å²) < 4.78 is 39.4. The van der Waals surface area contributed by atoms with Crippen LogP contribution >= 0.6 is 0 Å². The molecule has 0 saturated carbocycles. The van der Waals surface area contributed by atoms with Gasteiger partial charge in [0.2, 0.25) is 0 Å². The highest BCUT2D eigenvalue weighted by Gasteiger charge is 2.16. The summed E-state index contributed by atoms with van der Waals surface area (Å²) in [5.74, 6) is -1.27. The van der Waals surface area contributed by atoms with Crippen LogP contribution in [0.1, 0.15) is 35.0 Å². The van der Waals surface area contributed by atoms with Crippen molar-refractivity contribution in [2.24, 2.45) is 0 Å². The molecule has 2 nitrogen and oxygen atoms in total. The van der Waals surface area contributed by atoms with Crippen molar-refractivity contribution in [3.63, 3.8) is 0 Å². The fourth-order valence-electron chi connectivity index (χ4n) is 3.71. The van der Waals surface area contributed by atoms with Crippen molar-refractivity contribution >= 4 is 21.9 Å². The van der Waals surface area contributed by atoms with E-state index < -0.39 is 12.7 Å². The number of aromatic nitrogens is 1. The van der Waals surface area contributed by atoms with Gasteiger partial charge in [0.1, 0.15) is 11.2 Å². The molecule has 2 heterocycles. The van der Waals surface area contributed by atoms with E-state index in [1.165, 1.54) is 6.20 Å². The van der Waals surface area contributed by atoms with E-state index in [4.69, 9.17) is 9.90 Å². The monoisotopic (exact) mass is 367 g/mol. The molecule has 0 fully saturated rings. The van der Waals surface area contributed by atoms with Gasteiger partial charge < -0.3 is 4.42 Å². The summed E-state index contributed by atoms with van der Waals surface area (Å²) in [5.41, 5.74) is 4.02. The number of fused-ring (bicyclic) bond motifs is 3. The van der Waals surface area contributed by atoms with E-state index in [9.17, 15) is 0 Å². The van der Waals surface area contributed by atoms with Crippen LogP contribution in [0.4, 0.5) is 0 Å². The minimum atomic E-state index is -2.39.